The van der Waals surface area contributed by atoms with Crippen LogP contribution in [0.5, 0.6) is 0 Å². The molecule has 0 spiro atoms. The van der Waals surface area contributed by atoms with Gasteiger partial charge in [-0.25, -0.2) is 8.78 Å². The SMILES string of the molecule is NCC(Cc1ccc(F)cc1)Cc1cc(F)ccc1Cl. The van der Waals surface area contributed by atoms with Crippen LogP contribution < -0.4 is 5.73 Å². The van der Waals surface area contributed by atoms with Gasteiger partial charge in [0.25, 0.3) is 0 Å². The highest BCUT2D eigenvalue weighted by molar-refractivity contribution is 6.31. The summed E-state index contributed by atoms with van der Waals surface area (Å²) < 4.78 is 26.1. The van der Waals surface area contributed by atoms with E-state index in [1.807, 2.05) is 0 Å². The van der Waals surface area contributed by atoms with Crippen molar-refractivity contribution in [2.45, 2.75) is 12.8 Å². The highest BCUT2D eigenvalue weighted by atomic mass is 35.5. The number of rotatable bonds is 5. The molecule has 1 atom stereocenters. The van der Waals surface area contributed by atoms with E-state index in [9.17, 15) is 8.78 Å². The van der Waals surface area contributed by atoms with Crippen LogP contribution in [-0.2, 0) is 12.8 Å². The molecule has 0 aromatic heterocycles. The summed E-state index contributed by atoms with van der Waals surface area (Å²) in [5.41, 5.74) is 7.54. The highest BCUT2D eigenvalue weighted by Gasteiger charge is 2.12. The van der Waals surface area contributed by atoms with E-state index in [-0.39, 0.29) is 17.6 Å². The second-order valence-corrected chi connectivity index (χ2v) is 5.28. The molecule has 2 aromatic carbocycles. The van der Waals surface area contributed by atoms with Crippen LogP contribution in [0.25, 0.3) is 0 Å². The smallest absolute Gasteiger partial charge is 0.123 e. The third-order valence-electron chi connectivity index (χ3n) is 3.29. The van der Waals surface area contributed by atoms with Crippen LogP contribution in [0.15, 0.2) is 42.5 Å². The molecular formula is C16H16ClF2N. The van der Waals surface area contributed by atoms with Crippen LogP contribution in [0.2, 0.25) is 5.02 Å². The molecule has 2 N–H and O–H groups in total. The Morgan fingerprint density at radius 1 is 0.950 bits per heavy atom. The lowest BCUT2D eigenvalue weighted by Gasteiger charge is -2.16. The van der Waals surface area contributed by atoms with Gasteiger partial charge in [0.1, 0.15) is 11.6 Å². The molecule has 2 aromatic rings. The van der Waals surface area contributed by atoms with Gasteiger partial charge in [-0.15, -0.1) is 0 Å². The standard InChI is InChI=1S/C16H16ClF2N/c17-16-6-5-15(19)9-13(16)8-12(10-20)7-11-1-3-14(18)4-2-11/h1-6,9,12H,7-8,10,20H2. The van der Waals surface area contributed by atoms with Gasteiger partial charge in [0.15, 0.2) is 0 Å². The molecule has 0 fully saturated rings. The van der Waals surface area contributed by atoms with Gasteiger partial charge < -0.3 is 5.73 Å². The van der Waals surface area contributed by atoms with Gasteiger partial charge >= 0.3 is 0 Å². The summed E-state index contributed by atoms with van der Waals surface area (Å²) in [5, 5.41) is 0.545. The molecule has 0 amide bonds. The van der Waals surface area contributed by atoms with E-state index in [0.717, 1.165) is 11.1 Å². The van der Waals surface area contributed by atoms with Crippen LogP contribution in [0.3, 0.4) is 0 Å². The van der Waals surface area contributed by atoms with Crippen molar-refractivity contribution in [3.63, 3.8) is 0 Å². The summed E-state index contributed by atoms with van der Waals surface area (Å²) in [5.74, 6) is -0.423. The summed E-state index contributed by atoms with van der Waals surface area (Å²) in [6, 6.07) is 10.7. The Labute approximate surface area is 122 Å². The molecule has 0 radical (unpaired) electrons. The van der Waals surface area contributed by atoms with Crippen molar-refractivity contribution < 1.29 is 8.78 Å². The molecule has 4 heteroatoms. The molecule has 0 bridgehead atoms. The zero-order valence-corrected chi connectivity index (χ0v) is 11.7. The largest absolute Gasteiger partial charge is 0.330 e. The molecule has 106 valence electrons. The van der Waals surface area contributed by atoms with Crippen LogP contribution >= 0.6 is 11.6 Å². The van der Waals surface area contributed by atoms with E-state index < -0.39 is 0 Å². The average Bonchev–Trinajstić information content (AvgIpc) is 2.44. The molecule has 0 saturated heterocycles. The van der Waals surface area contributed by atoms with Gasteiger partial charge in [0, 0.05) is 5.02 Å². The number of hydrogen-bond acceptors (Lipinski definition) is 1. The minimum Gasteiger partial charge on any atom is -0.330 e. The number of nitrogens with two attached hydrogens (primary N) is 1. The lowest BCUT2D eigenvalue weighted by atomic mass is 9.92. The predicted octanol–water partition coefficient (Wildman–Crippen LogP) is 3.98. The summed E-state index contributed by atoms with van der Waals surface area (Å²) >= 11 is 6.06. The van der Waals surface area contributed by atoms with Gasteiger partial charge in [-0.3, -0.25) is 0 Å². The minimum atomic E-state index is -0.304. The first-order chi connectivity index (χ1) is 9.58. The molecule has 20 heavy (non-hydrogen) atoms. The molecule has 1 unspecified atom stereocenters. The number of halogens is 3. The number of benzene rings is 2. The fourth-order valence-corrected chi connectivity index (χ4v) is 2.40. The Balaban J connectivity index is 2.08. The maximum atomic E-state index is 13.2. The van der Waals surface area contributed by atoms with Crippen molar-refractivity contribution in [3.05, 3.63) is 70.2 Å². The minimum absolute atomic E-state index is 0.139. The van der Waals surface area contributed by atoms with E-state index >= 15 is 0 Å². The molecule has 0 aliphatic heterocycles. The van der Waals surface area contributed by atoms with Gasteiger partial charge in [-0.2, -0.15) is 0 Å². The predicted molar refractivity (Wildman–Crippen MR) is 77.8 cm³/mol. The fourth-order valence-electron chi connectivity index (χ4n) is 2.20. The Kier molecular flexibility index (Phi) is 5.10. The summed E-state index contributed by atoms with van der Waals surface area (Å²) in [6.07, 6.45) is 1.31. The monoisotopic (exact) mass is 295 g/mol. The molecule has 1 nitrogen and oxygen atoms in total. The Bertz CT molecular complexity index is 569. The van der Waals surface area contributed by atoms with E-state index in [0.29, 0.717) is 24.4 Å². The maximum Gasteiger partial charge on any atom is 0.123 e. The van der Waals surface area contributed by atoms with Gasteiger partial charge in [-0.05, 0) is 66.8 Å². The zero-order chi connectivity index (χ0) is 14.5. The van der Waals surface area contributed by atoms with Crippen LogP contribution in [0, 0.1) is 17.6 Å². The first-order valence-electron chi connectivity index (χ1n) is 6.47. The molecule has 0 saturated carbocycles. The lowest BCUT2D eigenvalue weighted by molar-refractivity contribution is 0.529. The quantitative estimate of drug-likeness (QED) is 0.887. The third kappa shape index (κ3) is 4.02. The first-order valence-corrected chi connectivity index (χ1v) is 6.84. The third-order valence-corrected chi connectivity index (χ3v) is 3.66. The molecular weight excluding hydrogens is 280 g/mol. The van der Waals surface area contributed by atoms with Gasteiger partial charge in [-0.1, -0.05) is 23.7 Å². The normalized spacial score (nSPS) is 12.4. The van der Waals surface area contributed by atoms with Gasteiger partial charge in [0.05, 0.1) is 0 Å². The highest BCUT2D eigenvalue weighted by Crippen LogP contribution is 2.22. The van der Waals surface area contributed by atoms with E-state index in [1.165, 1.54) is 24.3 Å². The zero-order valence-electron chi connectivity index (χ0n) is 11.0. The Hall–Kier alpha value is -1.45. The fraction of sp³-hybridized carbons (Fsp3) is 0.250. The molecule has 0 aliphatic rings. The van der Waals surface area contributed by atoms with Crippen LogP contribution in [0.1, 0.15) is 11.1 Å². The van der Waals surface area contributed by atoms with Crippen LogP contribution in [0.4, 0.5) is 8.78 Å². The summed E-state index contributed by atoms with van der Waals surface area (Å²) in [4.78, 5) is 0. The van der Waals surface area contributed by atoms with Crippen molar-refractivity contribution in [2.24, 2.45) is 11.7 Å². The van der Waals surface area contributed by atoms with E-state index in [4.69, 9.17) is 17.3 Å². The second kappa shape index (κ2) is 6.82. The molecule has 0 aliphatic carbocycles. The Morgan fingerprint density at radius 2 is 1.60 bits per heavy atom. The van der Waals surface area contributed by atoms with Crippen molar-refractivity contribution in [1.82, 2.24) is 0 Å². The lowest BCUT2D eigenvalue weighted by Crippen LogP contribution is -2.19. The van der Waals surface area contributed by atoms with E-state index in [2.05, 4.69) is 0 Å². The van der Waals surface area contributed by atoms with E-state index in [1.54, 1.807) is 18.2 Å². The van der Waals surface area contributed by atoms with Crippen molar-refractivity contribution in [3.8, 4) is 0 Å². The second-order valence-electron chi connectivity index (χ2n) is 4.87. The molecule has 2 rings (SSSR count). The molecule has 0 heterocycles. The summed E-state index contributed by atoms with van der Waals surface area (Å²) in [6.45, 7) is 0.463. The van der Waals surface area contributed by atoms with Crippen LogP contribution in [-0.4, -0.2) is 6.54 Å². The average molecular weight is 296 g/mol. The maximum absolute atomic E-state index is 13.2. The number of hydrogen-bond donors (Lipinski definition) is 1. The first kappa shape index (κ1) is 14.9. The Morgan fingerprint density at radius 3 is 2.25 bits per heavy atom. The topological polar surface area (TPSA) is 26.0 Å². The van der Waals surface area contributed by atoms with Crippen molar-refractivity contribution in [1.29, 1.82) is 0 Å². The van der Waals surface area contributed by atoms with Crippen molar-refractivity contribution >= 4 is 11.6 Å². The van der Waals surface area contributed by atoms with Crippen molar-refractivity contribution in [2.75, 3.05) is 6.54 Å². The summed E-state index contributed by atoms with van der Waals surface area (Å²) in [7, 11) is 0. The van der Waals surface area contributed by atoms with Gasteiger partial charge in [0.2, 0.25) is 0 Å².